The number of aromatic nitrogens is 3. The fourth-order valence-corrected chi connectivity index (χ4v) is 2.84. The first-order valence-corrected chi connectivity index (χ1v) is 9.19. The van der Waals surface area contributed by atoms with Crippen LogP contribution in [0.15, 0.2) is 61.1 Å². The average Bonchev–Trinajstić information content (AvgIpc) is 3.42. The third-order valence-corrected chi connectivity index (χ3v) is 4.57. The lowest BCUT2D eigenvalue weighted by Gasteiger charge is -2.09. The van der Waals surface area contributed by atoms with E-state index in [0.717, 1.165) is 49.4 Å². The molecule has 5 heteroatoms. The first-order chi connectivity index (χ1) is 12.9. The van der Waals surface area contributed by atoms with Crippen molar-refractivity contribution in [3.63, 3.8) is 0 Å². The summed E-state index contributed by atoms with van der Waals surface area (Å²) in [6.45, 7) is 3.12. The SMILES string of the molecule is c1ccc(Cn2ccnc2CNCc2ccc(OCC3CC3)nc2)cc1. The van der Waals surface area contributed by atoms with Crippen molar-refractivity contribution >= 4 is 0 Å². The normalized spacial score (nSPS) is 13.7. The van der Waals surface area contributed by atoms with Gasteiger partial charge in [-0.15, -0.1) is 0 Å². The van der Waals surface area contributed by atoms with Gasteiger partial charge in [0.1, 0.15) is 5.82 Å². The summed E-state index contributed by atoms with van der Waals surface area (Å²) in [6.07, 6.45) is 8.35. The Bertz CT molecular complexity index is 810. The number of hydrogen-bond donors (Lipinski definition) is 1. The number of imidazole rings is 1. The molecule has 4 rings (SSSR count). The summed E-state index contributed by atoms with van der Waals surface area (Å²) in [5.74, 6) is 2.50. The summed E-state index contributed by atoms with van der Waals surface area (Å²) in [5, 5.41) is 3.45. The van der Waals surface area contributed by atoms with Gasteiger partial charge in [-0.2, -0.15) is 0 Å². The maximum Gasteiger partial charge on any atom is 0.213 e. The monoisotopic (exact) mass is 348 g/mol. The van der Waals surface area contributed by atoms with Gasteiger partial charge in [-0.3, -0.25) is 0 Å². The van der Waals surface area contributed by atoms with Gasteiger partial charge in [0.05, 0.1) is 13.2 Å². The van der Waals surface area contributed by atoms with Crippen LogP contribution >= 0.6 is 0 Å². The minimum absolute atomic E-state index is 0.721. The first kappa shape index (κ1) is 16.8. The summed E-state index contributed by atoms with van der Waals surface area (Å²) in [7, 11) is 0. The molecule has 0 unspecified atom stereocenters. The molecule has 1 saturated carbocycles. The van der Waals surface area contributed by atoms with Crippen molar-refractivity contribution in [3.05, 3.63) is 78.0 Å². The van der Waals surface area contributed by atoms with Gasteiger partial charge in [-0.05, 0) is 29.9 Å². The molecule has 0 atom stereocenters. The van der Waals surface area contributed by atoms with Gasteiger partial charge in [0.2, 0.25) is 5.88 Å². The molecule has 1 aliphatic rings. The second kappa shape index (κ2) is 8.15. The van der Waals surface area contributed by atoms with Gasteiger partial charge < -0.3 is 14.6 Å². The van der Waals surface area contributed by atoms with Gasteiger partial charge in [-0.25, -0.2) is 9.97 Å². The summed E-state index contributed by atoms with van der Waals surface area (Å²) >= 11 is 0. The molecule has 0 aliphatic heterocycles. The van der Waals surface area contributed by atoms with Gasteiger partial charge in [-0.1, -0.05) is 36.4 Å². The summed E-state index contributed by atoms with van der Waals surface area (Å²) in [4.78, 5) is 8.85. The van der Waals surface area contributed by atoms with E-state index in [1.54, 1.807) is 0 Å². The molecule has 0 amide bonds. The number of nitrogens with zero attached hydrogens (tertiary/aromatic N) is 3. The van der Waals surface area contributed by atoms with Crippen LogP contribution in [-0.2, 0) is 19.6 Å². The smallest absolute Gasteiger partial charge is 0.213 e. The molecule has 0 spiro atoms. The van der Waals surface area contributed by atoms with E-state index in [2.05, 4.69) is 50.2 Å². The molecule has 0 radical (unpaired) electrons. The Labute approximate surface area is 154 Å². The van der Waals surface area contributed by atoms with Gasteiger partial charge >= 0.3 is 0 Å². The molecule has 1 fully saturated rings. The maximum absolute atomic E-state index is 5.68. The van der Waals surface area contributed by atoms with Crippen LogP contribution in [0.1, 0.15) is 29.8 Å². The minimum atomic E-state index is 0.721. The third-order valence-electron chi connectivity index (χ3n) is 4.57. The zero-order valence-electron chi connectivity index (χ0n) is 14.8. The highest BCUT2D eigenvalue weighted by Gasteiger charge is 2.21. The third kappa shape index (κ3) is 4.70. The maximum atomic E-state index is 5.68. The number of nitrogens with one attached hydrogen (secondary N) is 1. The molecule has 134 valence electrons. The molecule has 2 heterocycles. The Hall–Kier alpha value is -2.66. The molecule has 3 aromatic rings. The van der Waals surface area contributed by atoms with Crippen LogP contribution in [0.3, 0.4) is 0 Å². The highest BCUT2D eigenvalue weighted by Crippen LogP contribution is 2.29. The largest absolute Gasteiger partial charge is 0.477 e. The lowest BCUT2D eigenvalue weighted by molar-refractivity contribution is 0.288. The summed E-state index contributed by atoms with van der Waals surface area (Å²) in [6, 6.07) is 14.5. The van der Waals surface area contributed by atoms with E-state index in [4.69, 9.17) is 4.74 Å². The average molecular weight is 348 g/mol. The molecule has 26 heavy (non-hydrogen) atoms. The van der Waals surface area contributed by atoms with Crippen LogP contribution in [0.25, 0.3) is 0 Å². The van der Waals surface area contributed by atoms with Crippen LogP contribution < -0.4 is 10.1 Å². The molecule has 5 nitrogen and oxygen atoms in total. The van der Waals surface area contributed by atoms with Gasteiger partial charge in [0.15, 0.2) is 0 Å². The highest BCUT2D eigenvalue weighted by molar-refractivity contribution is 5.18. The van der Waals surface area contributed by atoms with Gasteiger partial charge in [0.25, 0.3) is 0 Å². The van der Waals surface area contributed by atoms with Crippen molar-refractivity contribution in [2.45, 2.75) is 32.5 Å². The fraction of sp³-hybridized carbons (Fsp3) is 0.333. The van der Waals surface area contributed by atoms with Crippen molar-refractivity contribution in [1.29, 1.82) is 0 Å². The van der Waals surface area contributed by atoms with E-state index in [1.165, 1.54) is 18.4 Å². The number of benzene rings is 1. The zero-order chi connectivity index (χ0) is 17.6. The standard InChI is InChI=1S/C21H24N4O/c1-2-4-17(5-3-1)15-25-11-10-23-20(25)14-22-12-19-8-9-21(24-13-19)26-16-18-6-7-18/h1-5,8-11,13,18,22H,6-7,12,14-16H2. The van der Waals surface area contributed by atoms with E-state index >= 15 is 0 Å². The van der Waals surface area contributed by atoms with Crippen LogP contribution in [0.4, 0.5) is 0 Å². The van der Waals surface area contributed by atoms with Crippen LogP contribution in [-0.4, -0.2) is 21.1 Å². The minimum Gasteiger partial charge on any atom is -0.477 e. The summed E-state index contributed by atoms with van der Waals surface area (Å²) in [5.41, 5.74) is 2.42. The summed E-state index contributed by atoms with van der Waals surface area (Å²) < 4.78 is 7.85. The predicted octanol–water partition coefficient (Wildman–Crippen LogP) is 3.41. The van der Waals surface area contributed by atoms with E-state index in [1.807, 2.05) is 30.7 Å². The van der Waals surface area contributed by atoms with Crippen molar-refractivity contribution < 1.29 is 4.74 Å². The number of pyridine rings is 1. The highest BCUT2D eigenvalue weighted by atomic mass is 16.5. The first-order valence-electron chi connectivity index (χ1n) is 9.19. The molecule has 0 bridgehead atoms. The number of hydrogen-bond acceptors (Lipinski definition) is 4. The molecule has 0 saturated heterocycles. The van der Waals surface area contributed by atoms with Crippen LogP contribution in [0.2, 0.25) is 0 Å². The Kier molecular flexibility index (Phi) is 5.26. The van der Waals surface area contributed by atoms with E-state index in [9.17, 15) is 0 Å². The second-order valence-corrected chi connectivity index (χ2v) is 6.82. The molecular weight excluding hydrogens is 324 g/mol. The van der Waals surface area contributed by atoms with E-state index in [-0.39, 0.29) is 0 Å². The molecular formula is C21H24N4O. The Morgan fingerprint density at radius 2 is 1.88 bits per heavy atom. The fourth-order valence-electron chi connectivity index (χ4n) is 2.84. The van der Waals surface area contributed by atoms with Crippen molar-refractivity contribution in [2.75, 3.05) is 6.61 Å². The Balaban J connectivity index is 1.26. The lowest BCUT2D eigenvalue weighted by Crippen LogP contribution is -2.17. The quantitative estimate of drug-likeness (QED) is 0.644. The number of rotatable bonds is 9. The second-order valence-electron chi connectivity index (χ2n) is 6.82. The van der Waals surface area contributed by atoms with Gasteiger partial charge in [0, 0.05) is 37.7 Å². The van der Waals surface area contributed by atoms with Crippen LogP contribution in [0.5, 0.6) is 5.88 Å². The van der Waals surface area contributed by atoms with E-state index in [0.29, 0.717) is 0 Å². The molecule has 1 N–H and O–H groups in total. The zero-order valence-corrected chi connectivity index (χ0v) is 14.8. The molecule has 1 aromatic carbocycles. The van der Waals surface area contributed by atoms with Crippen molar-refractivity contribution in [3.8, 4) is 5.88 Å². The van der Waals surface area contributed by atoms with E-state index < -0.39 is 0 Å². The predicted molar refractivity (Wildman–Crippen MR) is 101 cm³/mol. The lowest BCUT2D eigenvalue weighted by atomic mass is 10.2. The van der Waals surface area contributed by atoms with Crippen LogP contribution in [0, 0.1) is 5.92 Å². The molecule has 1 aliphatic carbocycles. The Morgan fingerprint density at radius 3 is 2.65 bits per heavy atom. The number of ether oxygens (including phenoxy) is 1. The molecule has 2 aromatic heterocycles. The topological polar surface area (TPSA) is 52.0 Å². The Morgan fingerprint density at radius 1 is 1.00 bits per heavy atom. The van der Waals surface area contributed by atoms with Crippen molar-refractivity contribution in [2.24, 2.45) is 5.92 Å². The van der Waals surface area contributed by atoms with Crippen molar-refractivity contribution in [1.82, 2.24) is 19.9 Å².